The fourth-order valence-corrected chi connectivity index (χ4v) is 3.67. The quantitative estimate of drug-likeness (QED) is 0.507. The van der Waals surface area contributed by atoms with Crippen molar-refractivity contribution in [2.75, 3.05) is 7.05 Å². The van der Waals surface area contributed by atoms with Gasteiger partial charge in [0.1, 0.15) is 0 Å². The molecule has 0 radical (unpaired) electrons. The third-order valence-electron chi connectivity index (χ3n) is 5.19. The van der Waals surface area contributed by atoms with E-state index in [2.05, 4.69) is 15.7 Å². The first-order valence-corrected chi connectivity index (χ1v) is 10.7. The van der Waals surface area contributed by atoms with Crippen molar-refractivity contribution < 1.29 is 4.79 Å². The highest BCUT2D eigenvalue weighted by Gasteiger charge is 2.13. The van der Waals surface area contributed by atoms with E-state index in [1.54, 1.807) is 17.0 Å². The monoisotopic (exact) mass is 441 g/mol. The van der Waals surface area contributed by atoms with Gasteiger partial charge in [-0.3, -0.25) is 14.3 Å². The first-order valence-electron chi connectivity index (χ1n) is 10.3. The van der Waals surface area contributed by atoms with Gasteiger partial charge < -0.3 is 15.2 Å². The molecule has 0 atom stereocenters. The van der Waals surface area contributed by atoms with E-state index in [1.165, 1.54) is 0 Å². The highest BCUT2D eigenvalue weighted by molar-refractivity contribution is 6.30. The maximum Gasteiger partial charge on any atom is 0.254 e. The normalized spacial score (nSPS) is 10.9. The molecule has 0 unspecified atom stereocenters. The number of aryl methyl sites for hydroxylation is 3. The van der Waals surface area contributed by atoms with Crippen LogP contribution in [-0.2, 0) is 37.4 Å². The summed E-state index contributed by atoms with van der Waals surface area (Å²) in [6.45, 7) is 4.21. The molecule has 31 heavy (non-hydrogen) atoms. The van der Waals surface area contributed by atoms with E-state index in [-0.39, 0.29) is 17.9 Å². The van der Waals surface area contributed by atoms with Crippen LogP contribution < -0.4 is 16.2 Å². The maximum atomic E-state index is 12.9. The molecule has 0 aliphatic carbocycles. The van der Waals surface area contributed by atoms with Crippen molar-refractivity contribution in [3.8, 4) is 0 Å². The Labute approximate surface area is 187 Å². The third-order valence-corrected chi connectivity index (χ3v) is 5.43. The van der Waals surface area contributed by atoms with Crippen molar-refractivity contribution in [3.63, 3.8) is 0 Å². The zero-order valence-electron chi connectivity index (χ0n) is 17.9. The van der Waals surface area contributed by atoms with Crippen LogP contribution in [0.5, 0.6) is 0 Å². The summed E-state index contributed by atoms with van der Waals surface area (Å²) in [5, 5.41) is 10.8. The fraction of sp³-hybridized carbons (Fsp3) is 0.348. The molecule has 0 spiro atoms. The number of halogens is 1. The minimum Gasteiger partial charge on any atom is -0.352 e. The molecule has 2 aromatic heterocycles. The van der Waals surface area contributed by atoms with Gasteiger partial charge in [0, 0.05) is 55.4 Å². The predicted octanol–water partition coefficient (Wildman–Crippen LogP) is 2.68. The number of aromatic nitrogens is 3. The zero-order chi connectivity index (χ0) is 22.2. The lowest BCUT2D eigenvalue weighted by molar-refractivity contribution is -0.120. The van der Waals surface area contributed by atoms with Gasteiger partial charge in [0.05, 0.1) is 6.42 Å². The Hall–Kier alpha value is -2.90. The van der Waals surface area contributed by atoms with Crippen molar-refractivity contribution >= 4 is 17.5 Å². The van der Waals surface area contributed by atoms with Crippen LogP contribution in [0.3, 0.4) is 0 Å². The van der Waals surface area contributed by atoms with Crippen LogP contribution in [0.2, 0.25) is 5.02 Å². The van der Waals surface area contributed by atoms with Crippen LogP contribution in [0.1, 0.15) is 28.7 Å². The van der Waals surface area contributed by atoms with E-state index < -0.39 is 0 Å². The molecule has 2 N–H and O–H groups in total. The summed E-state index contributed by atoms with van der Waals surface area (Å²) in [4.78, 5) is 25.5. The van der Waals surface area contributed by atoms with Crippen molar-refractivity contribution in [1.82, 2.24) is 25.0 Å². The first kappa shape index (κ1) is 22.8. The highest BCUT2D eigenvalue weighted by Crippen LogP contribution is 2.16. The maximum absolute atomic E-state index is 12.9. The van der Waals surface area contributed by atoms with Gasteiger partial charge in [-0.05, 0) is 61.3 Å². The van der Waals surface area contributed by atoms with Crippen LogP contribution in [0, 0.1) is 6.92 Å². The molecule has 0 fully saturated rings. The third kappa shape index (κ3) is 6.29. The number of hydrogen-bond donors (Lipinski definition) is 2. The fourth-order valence-electron chi connectivity index (χ4n) is 3.48. The standard InChI is InChI=1S/C23H28ClN5O2/c1-17-7-12-28(9-4-11-29-10-3-8-27-29)23(31)21(17)14-22(30)26-16-19-13-20(24)6-5-18(19)15-25-2/h3,5-8,10,12-13,25H,4,9,11,14-16H2,1-2H3,(H,26,30). The van der Waals surface area contributed by atoms with Gasteiger partial charge >= 0.3 is 0 Å². The summed E-state index contributed by atoms with van der Waals surface area (Å²) in [6.07, 6.45) is 6.25. The Morgan fingerprint density at radius 2 is 1.97 bits per heavy atom. The SMILES string of the molecule is CNCc1ccc(Cl)cc1CNC(=O)Cc1c(C)ccn(CCCn2cccn2)c1=O. The Balaban J connectivity index is 1.63. The van der Waals surface area contributed by atoms with Gasteiger partial charge in [0.15, 0.2) is 0 Å². The molecule has 0 bridgehead atoms. The number of pyridine rings is 1. The number of benzene rings is 1. The lowest BCUT2D eigenvalue weighted by Crippen LogP contribution is -2.31. The van der Waals surface area contributed by atoms with Crippen molar-refractivity contribution in [2.45, 2.75) is 45.9 Å². The molecule has 1 aromatic carbocycles. The van der Waals surface area contributed by atoms with Crippen LogP contribution in [0.15, 0.2) is 53.7 Å². The van der Waals surface area contributed by atoms with E-state index in [9.17, 15) is 9.59 Å². The van der Waals surface area contributed by atoms with Crippen LogP contribution >= 0.6 is 11.6 Å². The molecule has 3 rings (SSSR count). The van der Waals surface area contributed by atoms with Crippen molar-refractivity contribution in [3.05, 3.63) is 86.6 Å². The van der Waals surface area contributed by atoms with E-state index in [0.29, 0.717) is 30.2 Å². The average molecular weight is 442 g/mol. The minimum atomic E-state index is -0.190. The molecule has 0 saturated carbocycles. The summed E-state index contributed by atoms with van der Waals surface area (Å²) < 4.78 is 3.51. The van der Waals surface area contributed by atoms with Gasteiger partial charge in [-0.15, -0.1) is 0 Å². The van der Waals surface area contributed by atoms with Crippen LogP contribution in [0.4, 0.5) is 0 Å². The van der Waals surface area contributed by atoms with E-state index in [1.807, 2.05) is 55.2 Å². The second kappa shape index (κ2) is 10.9. The molecule has 164 valence electrons. The second-order valence-corrected chi connectivity index (χ2v) is 7.93. The molecular weight excluding hydrogens is 414 g/mol. The molecule has 0 aliphatic rings. The van der Waals surface area contributed by atoms with Crippen molar-refractivity contribution in [2.24, 2.45) is 0 Å². The number of rotatable bonds is 10. The Morgan fingerprint density at radius 3 is 2.71 bits per heavy atom. The highest BCUT2D eigenvalue weighted by atomic mass is 35.5. The van der Waals surface area contributed by atoms with E-state index in [4.69, 9.17) is 11.6 Å². The Bertz CT molecular complexity index is 1080. The smallest absolute Gasteiger partial charge is 0.254 e. The molecule has 0 saturated heterocycles. The van der Waals surface area contributed by atoms with Gasteiger partial charge in [-0.1, -0.05) is 17.7 Å². The lowest BCUT2D eigenvalue weighted by Gasteiger charge is -2.13. The topological polar surface area (TPSA) is 80.9 Å². The molecule has 1 amide bonds. The van der Waals surface area contributed by atoms with E-state index in [0.717, 1.165) is 29.7 Å². The molecule has 0 aliphatic heterocycles. The molecule has 7 nitrogen and oxygen atoms in total. The average Bonchev–Trinajstić information content (AvgIpc) is 3.26. The summed E-state index contributed by atoms with van der Waals surface area (Å²) in [5.41, 5.74) is 3.26. The minimum absolute atomic E-state index is 0.0482. The number of carbonyl (C=O) groups is 1. The summed E-state index contributed by atoms with van der Waals surface area (Å²) in [7, 11) is 1.87. The zero-order valence-corrected chi connectivity index (χ0v) is 18.7. The molecule has 8 heteroatoms. The van der Waals surface area contributed by atoms with Gasteiger partial charge in [0.25, 0.3) is 5.56 Å². The molecular formula is C23H28ClN5O2. The summed E-state index contributed by atoms with van der Waals surface area (Å²) in [6, 6.07) is 9.40. The summed E-state index contributed by atoms with van der Waals surface area (Å²) in [5.74, 6) is -0.190. The number of carbonyl (C=O) groups excluding carboxylic acids is 1. The second-order valence-electron chi connectivity index (χ2n) is 7.50. The Morgan fingerprint density at radius 1 is 1.13 bits per heavy atom. The number of amides is 1. The van der Waals surface area contributed by atoms with Crippen LogP contribution in [0.25, 0.3) is 0 Å². The lowest BCUT2D eigenvalue weighted by atomic mass is 10.1. The Kier molecular flexibility index (Phi) is 8.03. The molecule has 2 heterocycles. The molecule has 3 aromatic rings. The van der Waals surface area contributed by atoms with Crippen molar-refractivity contribution in [1.29, 1.82) is 0 Å². The number of nitrogens with zero attached hydrogens (tertiary/aromatic N) is 3. The van der Waals surface area contributed by atoms with E-state index >= 15 is 0 Å². The first-order chi connectivity index (χ1) is 15.0. The van der Waals surface area contributed by atoms with Gasteiger partial charge in [0.2, 0.25) is 5.91 Å². The number of nitrogens with one attached hydrogen (secondary N) is 2. The van der Waals surface area contributed by atoms with Gasteiger partial charge in [-0.2, -0.15) is 5.10 Å². The number of hydrogen-bond acceptors (Lipinski definition) is 4. The van der Waals surface area contributed by atoms with Crippen LogP contribution in [-0.4, -0.2) is 27.3 Å². The summed E-state index contributed by atoms with van der Waals surface area (Å²) >= 11 is 6.11. The predicted molar refractivity (Wildman–Crippen MR) is 122 cm³/mol. The largest absolute Gasteiger partial charge is 0.352 e. The van der Waals surface area contributed by atoms with Gasteiger partial charge in [-0.25, -0.2) is 0 Å².